The molecule has 0 atom stereocenters. The van der Waals surface area contributed by atoms with Crippen molar-refractivity contribution >= 4 is 17.6 Å². The van der Waals surface area contributed by atoms with E-state index < -0.39 is 11.9 Å². The lowest BCUT2D eigenvalue weighted by molar-refractivity contribution is -0.116. The van der Waals surface area contributed by atoms with E-state index in [0.717, 1.165) is 0 Å². The minimum absolute atomic E-state index is 0.108. The molecule has 1 aromatic carbocycles. The highest BCUT2D eigenvalue weighted by Crippen LogP contribution is 2.21. The number of nitroso groups, excluding NO2 is 1. The quantitative estimate of drug-likeness (QED) is 0.441. The minimum Gasteiger partial charge on any atom is -0.465 e. The number of ether oxygens (including phenoxy) is 1. The standard InChI is InChI=1S/C10H10N2O4/c1-7(13)12(11-15)9-6-4-3-5-8(9)10(14)16-2/h3-6H,1-2H3. The van der Waals surface area contributed by atoms with Gasteiger partial charge < -0.3 is 4.74 Å². The first-order valence-electron chi connectivity index (χ1n) is 4.43. The van der Waals surface area contributed by atoms with Crippen molar-refractivity contribution in [3.05, 3.63) is 34.7 Å². The van der Waals surface area contributed by atoms with Crippen molar-refractivity contribution in [3.63, 3.8) is 0 Å². The Balaban J connectivity index is 3.26. The van der Waals surface area contributed by atoms with Gasteiger partial charge in [-0.3, -0.25) is 4.79 Å². The third-order valence-electron chi connectivity index (χ3n) is 1.92. The van der Waals surface area contributed by atoms with Gasteiger partial charge in [0.25, 0.3) is 0 Å². The molecule has 84 valence electrons. The number of hydrogen-bond acceptors (Lipinski definition) is 5. The van der Waals surface area contributed by atoms with E-state index in [9.17, 15) is 14.5 Å². The second kappa shape index (κ2) is 5.01. The molecule has 6 nitrogen and oxygen atoms in total. The summed E-state index contributed by atoms with van der Waals surface area (Å²) in [6.45, 7) is 1.18. The molecule has 0 unspecified atom stereocenters. The van der Waals surface area contributed by atoms with Gasteiger partial charge in [0.1, 0.15) is 0 Å². The Morgan fingerprint density at radius 1 is 1.31 bits per heavy atom. The molecular weight excluding hydrogens is 212 g/mol. The Morgan fingerprint density at radius 3 is 2.44 bits per heavy atom. The third-order valence-corrected chi connectivity index (χ3v) is 1.92. The Morgan fingerprint density at radius 2 is 1.94 bits per heavy atom. The van der Waals surface area contributed by atoms with Crippen LogP contribution in [0, 0.1) is 4.91 Å². The molecule has 1 aromatic rings. The summed E-state index contributed by atoms with van der Waals surface area (Å²) in [5.74, 6) is -1.21. The van der Waals surface area contributed by atoms with Crippen molar-refractivity contribution in [1.82, 2.24) is 0 Å². The Labute approximate surface area is 91.8 Å². The molecule has 6 heteroatoms. The molecule has 0 aliphatic heterocycles. The van der Waals surface area contributed by atoms with Gasteiger partial charge in [-0.25, -0.2) is 4.79 Å². The number of esters is 1. The fourth-order valence-electron chi connectivity index (χ4n) is 1.21. The number of para-hydroxylation sites is 1. The zero-order chi connectivity index (χ0) is 12.1. The van der Waals surface area contributed by atoms with Gasteiger partial charge in [0.15, 0.2) is 0 Å². The molecule has 0 saturated heterocycles. The monoisotopic (exact) mass is 222 g/mol. The minimum atomic E-state index is -0.634. The van der Waals surface area contributed by atoms with Gasteiger partial charge in [-0.15, -0.1) is 4.91 Å². The summed E-state index contributed by atoms with van der Waals surface area (Å²) < 4.78 is 4.53. The van der Waals surface area contributed by atoms with E-state index in [1.54, 1.807) is 12.1 Å². The molecule has 0 aromatic heterocycles. The molecular formula is C10H10N2O4. The Hall–Kier alpha value is -2.24. The number of hydrogen-bond donors (Lipinski definition) is 0. The molecule has 0 spiro atoms. The van der Waals surface area contributed by atoms with Crippen LogP contribution in [0.15, 0.2) is 29.6 Å². The third kappa shape index (κ3) is 2.22. The normalized spacial score (nSPS) is 9.38. The summed E-state index contributed by atoms with van der Waals surface area (Å²) in [5, 5.41) is 3.16. The van der Waals surface area contributed by atoms with Crippen molar-refractivity contribution in [2.24, 2.45) is 5.29 Å². The van der Waals surface area contributed by atoms with Crippen molar-refractivity contribution in [2.75, 3.05) is 12.1 Å². The number of nitrogens with zero attached hydrogens (tertiary/aromatic N) is 2. The summed E-state index contributed by atoms with van der Waals surface area (Å²) in [7, 11) is 1.21. The maximum atomic E-state index is 11.4. The Bertz CT molecular complexity index is 431. The predicted octanol–water partition coefficient (Wildman–Crippen LogP) is 1.51. The van der Waals surface area contributed by atoms with E-state index in [-0.39, 0.29) is 11.3 Å². The molecule has 0 bridgehead atoms. The molecule has 0 radical (unpaired) electrons. The van der Waals surface area contributed by atoms with Crippen LogP contribution in [0.4, 0.5) is 5.69 Å². The highest BCUT2D eigenvalue weighted by atomic mass is 16.5. The Kier molecular flexibility index (Phi) is 3.71. The average molecular weight is 222 g/mol. The zero-order valence-corrected chi connectivity index (χ0v) is 8.84. The van der Waals surface area contributed by atoms with Gasteiger partial charge in [-0.2, -0.15) is 5.01 Å². The van der Waals surface area contributed by atoms with Crippen molar-refractivity contribution in [3.8, 4) is 0 Å². The lowest BCUT2D eigenvalue weighted by atomic mass is 10.1. The first-order chi connectivity index (χ1) is 7.61. The first-order valence-corrected chi connectivity index (χ1v) is 4.43. The van der Waals surface area contributed by atoms with Crippen LogP contribution in [-0.4, -0.2) is 19.0 Å². The number of amides is 1. The zero-order valence-electron chi connectivity index (χ0n) is 8.84. The van der Waals surface area contributed by atoms with Gasteiger partial charge in [0.05, 0.1) is 23.6 Å². The van der Waals surface area contributed by atoms with Crippen LogP contribution in [0.2, 0.25) is 0 Å². The first kappa shape index (κ1) is 11.8. The topological polar surface area (TPSA) is 76.0 Å². The molecule has 0 saturated carbocycles. The van der Waals surface area contributed by atoms with Crippen LogP contribution in [0.25, 0.3) is 0 Å². The number of carbonyl (C=O) groups is 2. The van der Waals surface area contributed by atoms with Gasteiger partial charge in [0.2, 0.25) is 5.91 Å². The average Bonchev–Trinajstić information content (AvgIpc) is 2.29. The number of benzene rings is 1. The smallest absolute Gasteiger partial charge is 0.340 e. The molecule has 1 rings (SSSR count). The highest BCUT2D eigenvalue weighted by Gasteiger charge is 2.19. The largest absolute Gasteiger partial charge is 0.465 e. The van der Waals surface area contributed by atoms with Crippen LogP contribution in [0.5, 0.6) is 0 Å². The van der Waals surface area contributed by atoms with Crippen LogP contribution < -0.4 is 5.01 Å². The van der Waals surface area contributed by atoms with Crippen LogP contribution in [0.1, 0.15) is 17.3 Å². The summed E-state index contributed by atoms with van der Waals surface area (Å²) in [6, 6.07) is 6.07. The van der Waals surface area contributed by atoms with Gasteiger partial charge in [-0.1, -0.05) is 12.1 Å². The van der Waals surface area contributed by atoms with E-state index in [0.29, 0.717) is 5.01 Å². The molecule has 1 amide bonds. The maximum absolute atomic E-state index is 11.4. The summed E-state index contributed by atoms with van der Waals surface area (Å²) in [5.41, 5.74) is 0.219. The van der Waals surface area contributed by atoms with Crippen LogP contribution >= 0.6 is 0 Å². The molecule has 0 N–H and O–H groups in total. The number of anilines is 1. The number of carbonyl (C=O) groups excluding carboxylic acids is 2. The van der Waals surface area contributed by atoms with Crippen molar-refractivity contribution in [2.45, 2.75) is 6.92 Å². The maximum Gasteiger partial charge on any atom is 0.340 e. The van der Waals surface area contributed by atoms with Gasteiger partial charge in [0, 0.05) is 6.92 Å². The lowest BCUT2D eigenvalue weighted by Crippen LogP contribution is -2.23. The second-order valence-corrected chi connectivity index (χ2v) is 2.92. The second-order valence-electron chi connectivity index (χ2n) is 2.92. The summed E-state index contributed by atoms with van der Waals surface area (Å²) in [6.07, 6.45) is 0. The number of rotatable bonds is 3. The fourth-order valence-corrected chi connectivity index (χ4v) is 1.21. The van der Waals surface area contributed by atoms with E-state index >= 15 is 0 Å². The van der Waals surface area contributed by atoms with Crippen LogP contribution in [0.3, 0.4) is 0 Å². The molecule has 0 heterocycles. The van der Waals surface area contributed by atoms with E-state index in [1.165, 1.54) is 26.2 Å². The number of methoxy groups -OCH3 is 1. The van der Waals surface area contributed by atoms with Crippen LogP contribution in [-0.2, 0) is 9.53 Å². The van der Waals surface area contributed by atoms with E-state index in [1.807, 2.05) is 0 Å². The van der Waals surface area contributed by atoms with Crippen molar-refractivity contribution in [1.29, 1.82) is 0 Å². The van der Waals surface area contributed by atoms with Gasteiger partial charge in [-0.05, 0) is 12.1 Å². The summed E-state index contributed by atoms with van der Waals surface area (Å²) >= 11 is 0. The molecule has 0 aliphatic rings. The lowest BCUT2D eigenvalue weighted by Gasteiger charge is -2.13. The van der Waals surface area contributed by atoms with E-state index in [4.69, 9.17) is 0 Å². The predicted molar refractivity (Wildman–Crippen MR) is 56.7 cm³/mol. The van der Waals surface area contributed by atoms with Crippen molar-refractivity contribution < 1.29 is 14.3 Å². The highest BCUT2D eigenvalue weighted by molar-refractivity contribution is 6.01. The summed E-state index contributed by atoms with van der Waals surface area (Å²) in [4.78, 5) is 33.0. The molecule has 0 fully saturated rings. The molecule has 0 aliphatic carbocycles. The van der Waals surface area contributed by atoms with Gasteiger partial charge >= 0.3 is 5.97 Å². The fraction of sp³-hybridized carbons (Fsp3) is 0.200. The van der Waals surface area contributed by atoms with E-state index in [2.05, 4.69) is 10.0 Å². The molecule has 16 heavy (non-hydrogen) atoms. The SMILES string of the molecule is COC(=O)c1ccccc1N(N=O)C(C)=O.